The number of rotatable bonds is 2. The van der Waals surface area contributed by atoms with Gasteiger partial charge in [0.1, 0.15) is 6.04 Å². The first kappa shape index (κ1) is 15.7. The second kappa shape index (κ2) is 6.54. The lowest BCUT2D eigenvalue weighted by Crippen LogP contribution is -2.52. The molecule has 1 saturated heterocycles. The highest BCUT2D eigenvalue weighted by molar-refractivity contribution is 9.10. The van der Waals surface area contributed by atoms with E-state index in [-0.39, 0.29) is 11.8 Å². The van der Waals surface area contributed by atoms with Crippen LogP contribution in [0.3, 0.4) is 0 Å². The van der Waals surface area contributed by atoms with Crippen LogP contribution in [0.15, 0.2) is 53.0 Å². The molecular formula is C18H17BrN2O2. The zero-order chi connectivity index (χ0) is 16.4. The van der Waals surface area contributed by atoms with Crippen molar-refractivity contribution < 1.29 is 9.59 Å². The van der Waals surface area contributed by atoms with E-state index in [9.17, 15) is 9.59 Å². The maximum Gasteiger partial charge on any atom is 0.256 e. The van der Waals surface area contributed by atoms with E-state index in [1.54, 1.807) is 11.0 Å². The van der Waals surface area contributed by atoms with Crippen molar-refractivity contribution in [2.75, 3.05) is 13.1 Å². The van der Waals surface area contributed by atoms with E-state index in [0.29, 0.717) is 18.7 Å². The molecule has 0 aliphatic carbocycles. The average Bonchev–Trinajstić information content (AvgIpc) is 2.55. The zero-order valence-electron chi connectivity index (χ0n) is 12.8. The quantitative estimate of drug-likeness (QED) is 0.880. The van der Waals surface area contributed by atoms with E-state index in [4.69, 9.17) is 0 Å². The van der Waals surface area contributed by atoms with E-state index >= 15 is 0 Å². The first-order valence-corrected chi connectivity index (χ1v) is 8.27. The van der Waals surface area contributed by atoms with Crippen LogP contribution in [0, 0.1) is 6.92 Å². The van der Waals surface area contributed by atoms with Gasteiger partial charge >= 0.3 is 0 Å². The minimum Gasteiger partial charge on any atom is -0.352 e. The van der Waals surface area contributed by atoms with Gasteiger partial charge in [0, 0.05) is 17.6 Å². The van der Waals surface area contributed by atoms with Crippen LogP contribution >= 0.6 is 15.9 Å². The van der Waals surface area contributed by atoms with Crippen molar-refractivity contribution in [3.63, 3.8) is 0 Å². The maximum atomic E-state index is 13.0. The number of carbonyl (C=O) groups is 2. The van der Waals surface area contributed by atoms with Crippen molar-refractivity contribution in [3.05, 3.63) is 69.7 Å². The Hall–Kier alpha value is -2.14. The fourth-order valence-electron chi connectivity index (χ4n) is 2.88. The van der Waals surface area contributed by atoms with Crippen molar-refractivity contribution in [1.29, 1.82) is 0 Å². The summed E-state index contributed by atoms with van der Waals surface area (Å²) in [4.78, 5) is 27.1. The summed E-state index contributed by atoms with van der Waals surface area (Å²) >= 11 is 3.42. The third-order valence-electron chi connectivity index (χ3n) is 4.06. The number of carbonyl (C=O) groups excluding carboxylic acids is 2. The normalized spacial score (nSPS) is 17.7. The number of hydrogen-bond donors (Lipinski definition) is 1. The summed E-state index contributed by atoms with van der Waals surface area (Å²) in [6.07, 6.45) is 0. The molecule has 1 atom stereocenters. The Morgan fingerprint density at radius 1 is 1.17 bits per heavy atom. The zero-order valence-corrected chi connectivity index (χ0v) is 14.3. The summed E-state index contributed by atoms with van der Waals surface area (Å²) in [5.41, 5.74) is 2.44. The van der Waals surface area contributed by atoms with E-state index in [0.717, 1.165) is 15.6 Å². The lowest BCUT2D eigenvalue weighted by Gasteiger charge is -2.36. The van der Waals surface area contributed by atoms with Crippen molar-refractivity contribution in [1.82, 2.24) is 10.2 Å². The molecule has 1 aliphatic heterocycles. The second-order valence-electron chi connectivity index (χ2n) is 5.53. The molecule has 23 heavy (non-hydrogen) atoms. The summed E-state index contributed by atoms with van der Waals surface area (Å²) in [6, 6.07) is 14.4. The van der Waals surface area contributed by atoms with Gasteiger partial charge in [-0.1, -0.05) is 36.4 Å². The van der Waals surface area contributed by atoms with E-state index in [1.807, 2.05) is 49.4 Å². The van der Waals surface area contributed by atoms with E-state index < -0.39 is 6.04 Å². The highest BCUT2D eigenvalue weighted by Crippen LogP contribution is 2.29. The summed E-state index contributed by atoms with van der Waals surface area (Å²) in [7, 11) is 0. The molecule has 3 rings (SSSR count). The lowest BCUT2D eigenvalue weighted by atomic mass is 9.97. The van der Waals surface area contributed by atoms with E-state index in [1.165, 1.54) is 0 Å². The van der Waals surface area contributed by atoms with Crippen LogP contribution < -0.4 is 5.32 Å². The van der Waals surface area contributed by atoms with Gasteiger partial charge in [-0.05, 0) is 46.1 Å². The fraction of sp³-hybridized carbons (Fsp3) is 0.222. The first-order valence-electron chi connectivity index (χ1n) is 7.48. The van der Waals surface area contributed by atoms with Crippen LogP contribution in [0.5, 0.6) is 0 Å². The molecule has 2 aromatic rings. The number of halogens is 1. The van der Waals surface area contributed by atoms with Gasteiger partial charge in [0.2, 0.25) is 5.91 Å². The smallest absolute Gasteiger partial charge is 0.256 e. The van der Waals surface area contributed by atoms with Crippen LogP contribution in [-0.2, 0) is 4.79 Å². The van der Waals surface area contributed by atoms with Crippen LogP contribution in [-0.4, -0.2) is 29.8 Å². The highest BCUT2D eigenvalue weighted by atomic mass is 79.9. The molecule has 0 bridgehead atoms. The van der Waals surface area contributed by atoms with Crippen LogP contribution in [0.2, 0.25) is 0 Å². The van der Waals surface area contributed by atoms with Gasteiger partial charge in [-0.25, -0.2) is 0 Å². The van der Waals surface area contributed by atoms with Crippen LogP contribution in [0.25, 0.3) is 0 Å². The number of amides is 2. The highest BCUT2D eigenvalue weighted by Gasteiger charge is 2.35. The minimum absolute atomic E-state index is 0.133. The predicted molar refractivity (Wildman–Crippen MR) is 92.1 cm³/mol. The molecule has 1 heterocycles. The Balaban J connectivity index is 2.02. The molecule has 4 nitrogen and oxygen atoms in total. The predicted octanol–water partition coefficient (Wildman–Crippen LogP) is 3.07. The number of hydrogen-bond acceptors (Lipinski definition) is 2. The molecule has 0 spiro atoms. The number of aryl methyl sites for hydroxylation is 1. The molecule has 118 valence electrons. The summed E-state index contributed by atoms with van der Waals surface area (Å²) in [6.45, 7) is 2.92. The van der Waals surface area contributed by atoms with Crippen molar-refractivity contribution in [3.8, 4) is 0 Å². The molecule has 2 amide bonds. The van der Waals surface area contributed by atoms with Gasteiger partial charge in [-0.2, -0.15) is 0 Å². The summed E-state index contributed by atoms with van der Waals surface area (Å²) in [5.74, 6) is -0.272. The number of nitrogens with zero attached hydrogens (tertiary/aromatic N) is 1. The summed E-state index contributed by atoms with van der Waals surface area (Å²) in [5, 5.41) is 2.86. The average molecular weight is 373 g/mol. The molecule has 1 fully saturated rings. The topological polar surface area (TPSA) is 49.4 Å². The Kier molecular flexibility index (Phi) is 4.48. The number of benzene rings is 2. The fourth-order valence-corrected chi connectivity index (χ4v) is 3.33. The Morgan fingerprint density at radius 3 is 2.61 bits per heavy atom. The molecule has 0 aromatic heterocycles. The largest absolute Gasteiger partial charge is 0.352 e. The molecule has 0 radical (unpaired) electrons. The van der Waals surface area contributed by atoms with Gasteiger partial charge in [-0.3, -0.25) is 9.59 Å². The maximum absolute atomic E-state index is 13.0. The Morgan fingerprint density at radius 2 is 1.87 bits per heavy atom. The van der Waals surface area contributed by atoms with Gasteiger partial charge in [0.05, 0.1) is 5.56 Å². The van der Waals surface area contributed by atoms with Gasteiger partial charge < -0.3 is 10.2 Å². The molecule has 1 unspecified atom stereocenters. The van der Waals surface area contributed by atoms with Crippen LogP contribution in [0.1, 0.15) is 27.5 Å². The van der Waals surface area contributed by atoms with Gasteiger partial charge in [0.25, 0.3) is 5.91 Å². The molecular weight excluding hydrogens is 356 g/mol. The monoisotopic (exact) mass is 372 g/mol. The molecule has 5 heteroatoms. The van der Waals surface area contributed by atoms with Crippen molar-refractivity contribution in [2.45, 2.75) is 13.0 Å². The number of piperazine rings is 1. The SMILES string of the molecule is Cc1ccccc1C1C(=O)NCCN1C(=O)c1ccccc1Br. The standard InChI is InChI=1S/C18H17BrN2O2/c1-12-6-2-3-7-13(12)16-17(22)20-10-11-21(16)18(23)14-8-4-5-9-15(14)19/h2-9,16H,10-11H2,1H3,(H,20,22). The molecule has 1 aliphatic rings. The molecule has 0 saturated carbocycles. The first-order chi connectivity index (χ1) is 11.1. The van der Waals surface area contributed by atoms with Gasteiger partial charge in [0.15, 0.2) is 0 Å². The number of nitrogens with one attached hydrogen (secondary N) is 1. The van der Waals surface area contributed by atoms with E-state index in [2.05, 4.69) is 21.2 Å². The third-order valence-corrected chi connectivity index (χ3v) is 4.75. The second-order valence-corrected chi connectivity index (χ2v) is 6.38. The van der Waals surface area contributed by atoms with Crippen molar-refractivity contribution >= 4 is 27.7 Å². The molecule has 1 N–H and O–H groups in total. The third kappa shape index (κ3) is 3.01. The van der Waals surface area contributed by atoms with Gasteiger partial charge in [-0.15, -0.1) is 0 Å². The Labute approximate surface area is 143 Å². The summed E-state index contributed by atoms with van der Waals surface area (Å²) < 4.78 is 0.736. The minimum atomic E-state index is -0.593. The lowest BCUT2D eigenvalue weighted by molar-refractivity contribution is -0.128. The van der Waals surface area contributed by atoms with Crippen molar-refractivity contribution in [2.24, 2.45) is 0 Å². The molecule has 2 aromatic carbocycles. The Bertz CT molecular complexity index is 760. The van der Waals surface area contributed by atoms with Crippen LogP contribution in [0.4, 0.5) is 0 Å².